The van der Waals surface area contributed by atoms with Crippen molar-refractivity contribution in [1.82, 2.24) is 20.4 Å². The van der Waals surface area contributed by atoms with Crippen molar-refractivity contribution in [3.63, 3.8) is 0 Å². The normalized spacial score (nSPS) is 15.5. The molecule has 1 fully saturated rings. The molecule has 1 aromatic rings. The fraction of sp³-hybridized carbons (Fsp3) is 0.636. The first kappa shape index (κ1) is 22.2. The second kappa shape index (κ2) is 11.7. The monoisotopic (exact) mass is 387 g/mol. The number of rotatable bonds is 8. The Hall–Kier alpha value is -2.08. The molecule has 1 aromatic carbocycles. The van der Waals surface area contributed by atoms with Crippen molar-refractivity contribution in [3.05, 3.63) is 35.4 Å². The van der Waals surface area contributed by atoms with Crippen LogP contribution in [0.15, 0.2) is 29.3 Å². The lowest BCUT2D eigenvalue weighted by molar-refractivity contribution is 0.0827. The van der Waals surface area contributed by atoms with Crippen LogP contribution in [0.1, 0.15) is 48.0 Å². The van der Waals surface area contributed by atoms with Crippen LogP contribution in [-0.4, -0.2) is 75.5 Å². The number of nitrogens with one attached hydrogen (secondary N) is 2. The molecule has 0 aromatic heterocycles. The summed E-state index contributed by atoms with van der Waals surface area (Å²) in [5, 5.41) is 6.77. The Morgan fingerprint density at radius 3 is 2.50 bits per heavy atom. The maximum absolute atomic E-state index is 12.1. The molecule has 0 spiro atoms. The molecule has 0 saturated heterocycles. The number of hydrogen-bond donors (Lipinski definition) is 2. The predicted molar refractivity (Wildman–Crippen MR) is 117 cm³/mol. The van der Waals surface area contributed by atoms with Crippen molar-refractivity contribution in [1.29, 1.82) is 0 Å². The highest BCUT2D eigenvalue weighted by molar-refractivity contribution is 5.94. The SMILES string of the molecule is CN=C(NCCc1cccc(C(=O)N(C)C)c1)NCCN(C)C1CCCCC1. The average molecular weight is 388 g/mol. The highest BCUT2D eigenvalue weighted by atomic mass is 16.2. The molecule has 2 rings (SSSR count). The third kappa shape index (κ3) is 7.15. The molecule has 0 atom stereocenters. The summed E-state index contributed by atoms with van der Waals surface area (Å²) in [7, 11) is 7.59. The Labute approximate surface area is 170 Å². The smallest absolute Gasteiger partial charge is 0.253 e. The molecule has 0 unspecified atom stereocenters. The van der Waals surface area contributed by atoms with Gasteiger partial charge in [-0.25, -0.2) is 0 Å². The number of carbonyl (C=O) groups is 1. The van der Waals surface area contributed by atoms with Gasteiger partial charge in [-0.3, -0.25) is 9.79 Å². The number of likely N-dealkylation sites (N-methyl/N-ethyl adjacent to an activating group) is 1. The molecule has 1 saturated carbocycles. The first-order chi connectivity index (χ1) is 13.5. The summed E-state index contributed by atoms with van der Waals surface area (Å²) in [6.07, 6.45) is 7.64. The van der Waals surface area contributed by atoms with E-state index in [1.165, 1.54) is 32.1 Å². The summed E-state index contributed by atoms with van der Waals surface area (Å²) < 4.78 is 0. The molecular formula is C22H37N5O. The van der Waals surface area contributed by atoms with E-state index in [2.05, 4.69) is 33.6 Å². The highest BCUT2D eigenvalue weighted by Crippen LogP contribution is 2.21. The fourth-order valence-corrected chi connectivity index (χ4v) is 3.72. The van der Waals surface area contributed by atoms with Crippen LogP contribution in [0, 0.1) is 0 Å². The van der Waals surface area contributed by atoms with Gasteiger partial charge in [0.2, 0.25) is 0 Å². The van der Waals surface area contributed by atoms with Crippen molar-refractivity contribution < 1.29 is 4.79 Å². The molecule has 6 heteroatoms. The molecule has 0 radical (unpaired) electrons. The van der Waals surface area contributed by atoms with Gasteiger partial charge in [0.05, 0.1) is 0 Å². The van der Waals surface area contributed by atoms with E-state index in [4.69, 9.17) is 0 Å². The first-order valence-electron chi connectivity index (χ1n) is 10.5. The Morgan fingerprint density at radius 2 is 1.82 bits per heavy atom. The van der Waals surface area contributed by atoms with Gasteiger partial charge in [0, 0.05) is 52.4 Å². The van der Waals surface area contributed by atoms with Crippen molar-refractivity contribution in [2.24, 2.45) is 4.99 Å². The Bertz CT molecular complexity index is 638. The molecule has 6 nitrogen and oxygen atoms in total. The molecule has 156 valence electrons. The quantitative estimate of drug-likeness (QED) is 0.531. The fourth-order valence-electron chi connectivity index (χ4n) is 3.72. The van der Waals surface area contributed by atoms with E-state index in [0.29, 0.717) is 0 Å². The first-order valence-corrected chi connectivity index (χ1v) is 10.5. The number of benzene rings is 1. The summed E-state index contributed by atoms with van der Waals surface area (Å²) in [4.78, 5) is 20.5. The number of carbonyl (C=O) groups excluding carboxylic acids is 1. The van der Waals surface area contributed by atoms with E-state index in [0.717, 1.165) is 49.2 Å². The predicted octanol–water partition coefficient (Wildman–Crippen LogP) is 2.36. The molecule has 2 N–H and O–H groups in total. The Balaban J connectivity index is 1.71. The number of nitrogens with zero attached hydrogens (tertiary/aromatic N) is 3. The van der Waals surface area contributed by atoms with Crippen LogP contribution in [0.4, 0.5) is 0 Å². The topological polar surface area (TPSA) is 60.0 Å². The zero-order chi connectivity index (χ0) is 20.4. The molecular weight excluding hydrogens is 350 g/mol. The second-order valence-corrected chi connectivity index (χ2v) is 7.85. The molecule has 1 aliphatic carbocycles. The van der Waals surface area contributed by atoms with Crippen LogP contribution in [-0.2, 0) is 6.42 Å². The number of hydrogen-bond acceptors (Lipinski definition) is 3. The van der Waals surface area contributed by atoms with E-state index >= 15 is 0 Å². The zero-order valence-electron chi connectivity index (χ0n) is 18.0. The van der Waals surface area contributed by atoms with Crippen LogP contribution in [0.5, 0.6) is 0 Å². The highest BCUT2D eigenvalue weighted by Gasteiger charge is 2.17. The summed E-state index contributed by atoms with van der Waals surface area (Å²) in [6.45, 7) is 2.69. The number of amides is 1. The molecule has 1 amide bonds. The molecule has 0 heterocycles. The summed E-state index contributed by atoms with van der Waals surface area (Å²) >= 11 is 0. The maximum atomic E-state index is 12.1. The van der Waals surface area contributed by atoms with Gasteiger partial charge >= 0.3 is 0 Å². The van der Waals surface area contributed by atoms with Gasteiger partial charge in [0.1, 0.15) is 0 Å². The van der Waals surface area contributed by atoms with Crippen LogP contribution in [0.2, 0.25) is 0 Å². The lowest BCUT2D eigenvalue weighted by atomic mass is 9.94. The lowest BCUT2D eigenvalue weighted by Gasteiger charge is -2.31. The van der Waals surface area contributed by atoms with Gasteiger partial charge in [-0.1, -0.05) is 31.4 Å². The van der Waals surface area contributed by atoms with Crippen molar-refractivity contribution >= 4 is 11.9 Å². The van der Waals surface area contributed by atoms with Gasteiger partial charge in [-0.15, -0.1) is 0 Å². The third-order valence-corrected chi connectivity index (χ3v) is 5.46. The molecule has 0 bridgehead atoms. The molecule has 28 heavy (non-hydrogen) atoms. The average Bonchev–Trinajstić information content (AvgIpc) is 2.72. The van der Waals surface area contributed by atoms with Gasteiger partial charge < -0.3 is 20.4 Å². The van der Waals surface area contributed by atoms with E-state index in [1.807, 2.05) is 18.2 Å². The van der Waals surface area contributed by atoms with E-state index in [1.54, 1.807) is 26.0 Å². The van der Waals surface area contributed by atoms with Gasteiger partial charge in [-0.2, -0.15) is 0 Å². The van der Waals surface area contributed by atoms with E-state index < -0.39 is 0 Å². The van der Waals surface area contributed by atoms with E-state index in [9.17, 15) is 4.79 Å². The van der Waals surface area contributed by atoms with Crippen molar-refractivity contribution in [2.75, 3.05) is 47.8 Å². The minimum atomic E-state index is 0.0365. The van der Waals surface area contributed by atoms with Crippen molar-refractivity contribution in [2.45, 2.75) is 44.6 Å². The largest absolute Gasteiger partial charge is 0.356 e. The summed E-state index contributed by atoms with van der Waals surface area (Å²) in [5.41, 5.74) is 1.88. The summed E-state index contributed by atoms with van der Waals surface area (Å²) in [5.74, 6) is 0.868. The lowest BCUT2D eigenvalue weighted by Crippen LogP contribution is -2.43. The van der Waals surface area contributed by atoms with Gasteiger partial charge in [0.25, 0.3) is 5.91 Å². The number of guanidine groups is 1. The van der Waals surface area contributed by atoms with Gasteiger partial charge in [-0.05, 0) is 44.0 Å². The molecule has 1 aliphatic rings. The Morgan fingerprint density at radius 1 is 1.11 bits per heavy atom. The molecule has 0 aliphatic heterocycles. The third-order valence-electron chi connectivity index (χ3n) is 5.46. The van der Waals surface area contributed by atoms with Crippen LogP contribution >= 0.6 is 0 Å². The number of aliphatic imine (C=N–C) groups is 1. The van der Waals surface area contributed by atoms with Crippen molar-refractivity contribution in [3.8, 4) is 0 Å². The van der Waals surface area contributed by atoms with Crippen LogP contribution in [0.3, 0.4) is 0 Å². The minimum absolute atomic E-state index is 0.0365. The van der Waals surface area contributed by atoms with Gasteiger partial charge in [0.15, 0.2) is 5.96 Å². The maximum Gasteiger partial charge on any atom is 0.253 e. The minimum Gasteiger partial charge on any atom is -0.356 e. The zero-order valence-corrected chi connectivity index (χ0v) is 18.0. The standard InChI is InChI=1S/C22H37N5O/c1-23-22(25-15-16-27(4)20-11-6-5-7-12-20)24-14-13-18-9-8-10-19(17-18)21(28)26(2)3/h8-10,17,20H,5-7,11-16H2,1-4H3,(H2,23,24,25). The summed E-state index contributed by atoms with van der Waals surface area (Å²) in [6, 6.07) is 8.58. The Kier molecular flexibility index (Phi) is 9.28. The van der Waals surface area contributed by atoms with Crippen LogP contribution < -0.4 is 10.6 Å². The van der Waals surface area contributed by atoms with Crippen LogP contribution in [0.25, 0.3) is 0 Å². The second-order valence-electron chi connectivity index (χ2n) is 7.85. The van der Waals surface area contributed by atoms with E-state index in [-0.39, 0.29) is 5.91 Å².